The number of benzene rings is 1. The Hall–Kier alpha value is -1.57. The Morgan fingerprint density at radius 1 is 1.05 bits per heavy atom. The molecule has 1 saturated carbocycles. The van der Waals surface area contributed by atoms with Gasteiger partial charge in [0, 0.05) is 25.7 Å². The molecule has 3 rings (SSSR count). The lowest BCUT2D eigenvalue weighted by Crippen LogP contribution is -2.36. The lowest BCUT2D eigenvalue weighted by atomic mass is 9.71. The zero-order chi connectivity index (χ0) is 13.8. The SMILES string of the molecule is O=C1C=CN(Cc2ccccc2)CC2(CCCCC2)C1. The van der Waals surface area contributed by atoms with Crippen LogP contribution in [0.3, 0.4) is 0 Å². The number of carbonyl (C=O) groups excluding carboxylic acids is 1. The highest BCUT2D eigenvalue weighted by Crippen LogP contribution is 2.41. The van der Waals surface area contributed by atoms with E-state index in [1.807, 2.05) is 12.3 Å². The van der Waals surface area contributed by atoms with Crippen molar-refractivity contribution in [3.05, 3.63) is 48.2 Å². The van der Waals surface area contributed by atoms with Crippen LogP contribution in [0.15, 0.2) is 42.6 Å². The van der Waals surface area contributed by atoms with Crippen molar-refractivity contribution in [3.8, 4) is 0 Å². The maximum absolute atomic E-state index is 12.0. The zero-order valence-corrected chi connectivity index (χ0v) is 12.1. The molecule has 20 heavy (non-hydrogen) atoms. The molecule has 106 valence electrons. The lowest BCUT2D eigenvalue weighted by Gasteiger charge is -2.39. The van der Waals surface area contributed by atoms with Crippen LogP contribution in [-0.4, -0.2) is 17.2 Å². The highest BCUT2D eigenvalue weighted by molar-refractivity contribution is 5.90. The topological polar surface area (TPSA) is 20.3 Å². The Kier molecular flexibility index (Phi) is 3.90. The van der Waals surface area contributed by atoms with Gasteiger partial charge in [-0.1, -0.05) is 49.6 Å². The molecule has 0 amide bonds. The third kappa shape index (κ3) is 3.12. The number of hydrogen-bond donors (Lipinski definition) is 0. The van der Waals surface area contributed by atoms with Crippen LogP contribution < -0.4 is 0 Å². The minimum Gasteiger partial charge on any atom is -0.372 e. The first-order chi connectivity index (χ1) is 9.76. The fourth-order valence-electron chi connectivity index (χ4n) is 3.72. The summed E-state index contributed by atoms with van der Waals surface area (Å²) in [4.78, 5) is 14.4. The van der Waals surface area contributed by atoms with Crippen molar-refractivity contribution >= 4 is 5.78 Å². The van der Waals surface area contributed by atoms with Crippen molar-refractivity contribution in [3.63, 3.8) is 0 Å². The number of rotatable bonds is 2. The van der Waals surface area contributed by atoms with Gasteiger partial charge in [-0.2, -0.15) is 0 Å². The molecule has 2 heteroatoms. The molecule has 2 nitrogen and oxygen atoms in total. The first kappa shape index (κ1) is 13.4. The number of nitrogens with zero attached hydrogens (tertiary/aromatic N) is 1. The third-order valence-corrected chi connectivity index (χ3v) is 4.70. The third-order valence-electron chi connectivity index (χ3n) is 4.70. The normalized spacial score (nSPS) is 22.0. The molecule has 0 atom stereocenters. The molecule has 2 aliphatic rings. The molecular formula is C18H23NO. The minimum absolute atomic E-state index is 0.230. The van der Waals surface area contributed by atoms with E-state index in [0.29, 0.717) is 5.78 Å². The second kappa shape index (κ2) is 5.82. The molecule has 1 fully saturated rings. The van der Waals surface area contributed by atoms with E-state index in [0.717, 1.165) is 19.5 Å². The summed E-state index contributed by atoms with van der Waals surface area (Å²) >= 11 is 0. The predicted octanol–water partition coefficient (Wildman–Crippen LogP) is 3.93. The van der Waals surface area contributed by atoms with Crippen LogP contribution in [0.4, 0.5) is 0 Å². The monoisotopic (exact) mass is 269 g/mol. The van der Waals surface area contributed by atoms with Gasteiger partial charge in [-0.05, 0) is 29.9 Å². The van der Waals surface area contributed by atoms with E-state index in [2.05, 4.69) is 29.2 Å². The van der Waals surface area contributed by atoms with E-state index in [1.54, 1.807) is 6.08 Å². The molecule has 0 N–H and O–H groups in total. The quantitative estimate of drug-likeness (QED) is 0.811. The van der Waals surface area contributed by atoms with Gasteiger partial charge in [0.05, 0.1) is 0 Å². The number of ketones is 1. The van der Waals surface area contributed by atoms with E-state index in [4.69, 9.17) is 0 Å². The molecular weight excluding hydrogens is 246 g/mol. The molecule has 1 heterocycles. The van der Waals surface area contributed by atoms with Gasteiger partial charge in [0.25, 0.3) is 0 Å². The second-order valence-electron chi connectivity index (χ2n) is 6.41. The van der Waals surface area contributed by atoms with Gasteiger partial charge in [0.15, 0.2) is 5.78 Å². The molecule has 1 aliphatic heterocycles. The number of carbonyl (C=O) groups is 1. The molecule has 0 saturated heterocycles. The number of hydrogen-bond acceptors (Lipinski definition) is 2. The molecule has 1 aliphatic carbocycles. The average molecular weight is 269 g/mol. The van der Waals surface area contributed by atoms with Gasteiger partial charge in [0.2, 0.25) is 0 Å². The number of allylic oxidation sites excluding steroid dienone is 1. The summed E-state index contributed by atoms with van der Waals surface area (Å²) in [6.45, 7) is 1.94. The molecule has 1 aromatic carbocycles. The van der Waals surface area contributed by atoms with Crippen LogP contribution in [0.5, 0.6) is 0 Å². The molecule has 0 unspecified atom stereocenters. The van der Waals surface area contributed by atoms with E-state index in [9.17, 15) is 4.79 Å². The first-order valence-electron chi connectivity index (χ1n) is 7.75. The Balaban J connectivity index is 1.76. The summed E-state index contributed by atoms with van der Waals surface area (Å²) in [5.41, 5.74) is 1.55. The second-order valence-corrected chi connectivity index (χ2v) is 6.41. The van der Waals surface area contributed by atoms with Crippen molar-refractivity contribution in [2.75, 3.05) is 6.54 Å². The van der Waals surface area contributed by atoms with Crippen molar-refractivity contribution in [2.45, 2.75) is 45.1 Å². The molecule has 0 aromatic heterocycles. The maximum Gasteiger partial charge on any atom is 0.157 e. The van der Waals surface area contributed by atoms with Crippen LogP contribution in [0, 0.1) is 5.41 Å². The van der Waals surface area contributed by atoms with Crippen molar-refractivity contribution in [1.29, 1.82) is 0 Å². The van der Waals surface area contributed by atoms with Crippen molar-refractivity contribution < 1.29 is 4.79 Å². The summed E-state index contributed by atoms with van der Waals surface area (Å²) in [5.74, 6) is 0.308. The average Bonchev–Trinajstić information content (AvgIpc) is 2.60. The van der Waals surface area contributed by atoms with E-state index in [-0.39, 0.29) is 5.41 Å². The van der Waals surface area contributed by atoms with Crippen LogP contribution in [0.1, 0.15) is 44.1 Å². The largest absolute Gasteiger partial charge is 0.372 e. The molecule has 0 bridgehead atoms. The maximum atomic E-state index is 12.0. The van der Waals surface area contributed by atoms with Gasteiger partial charge < -0.3 is 4.90 Å². The Morgan fingerprint density at radius 2 is 1.80 bits per heavy atom. The Labute approximate surface area is 121 Å². The first-order valence-corrected chi connectivity index (χ1v) is 7.75. The van der Waals surface area contributed by atoms with Gasteiger partial charge in [-0.25, -0.2) is 0 Å². The standard InChI is InChI=1S/C18H23NO/c20-17-9-12-19(14-16-7-3-1-4-8-16)15-18(13-17)10-5-2-6-11-18/h1,3-4,7-9,12H,2,5-6,10-11,13-15H2. The Bertz CT molecular complexity index is 485. The molecule has 1 aromatic rings. The fraction of sp³-hybridized carbons (Fsp3) is 0.500. The van der Waals surface area contributed by atoms with Crippen LogP contribution in [0.25, 0.3) is 0 Å². The van der Waals surface area contributed by atoms with Crippen molar-refractivity contribution in [2.24, 2.45) is 5.41 Å². The lowest BCUT2D eigenvalue weighted by molar-refractivity contribution is -0.117. The van der Waals surface area contributed by atoms with Gasteiger partial charge >= 0.3 is 0 Å². The van der Waals surface area contributed by atoms with Gasteiger partial charge in [-0.15, -0.1) is 0 Å². The molecule has 1 spiro atoms. The summed E-state index contributed by atoms with van der Waals surface area (Å²) in [5, 5.41) is 0. The predicted molar refractivity (Wildman–Crippen MR) is 81.1 cm³/mol. The van der Waals surface area contributed by atoms with Crippen LogP contribution >= 0.6 is 0 Å². The van der Waals surface area contributed by atoms with Crippen LogP contribution in [0.2, 0.25) is 0 Å². The highest BCUT2D eigenvalue weighted by atomic mass is 16.1. The van der Waals surface area contributed by atoms with E-state index < -0.39 is 0 Å². The summed E-state index contributed by atoms with van der Waals surface area (Å²) in [6.07, 6.45) is 10.9. The summed E-state index contributed by atoms with van der Waals surface area (Å²) < 4.78 is 0. The Morgan fingerprint density at radius 3 is 2.55 bits per heavy atom. The van der Waals surface area contributed by atoms with E-state index >= 15 is 0 Å². The van der Waals surface area contributed by atoms with Crippen molar-refractivity contribution in [1.82, 2.24) is 4.90 Å². The van der Waals surface area contributed by atoms with Gasteiger partial charge in [0.1, 0.15) is 0 Å². The molecule has 0 radical (unpaired) electrons. The van der Waals surface area contributed by atoms with Crippen LogP contribution in [-0.2, 0) is 11.3 Å². The fourth-order valence-corrected chi connectivity index (χ4v) is 3.72. The zero-order valence-electron chi connectivity index (χ0n) is 12.1. The highest BCUT2D eigenvalue weighted by Gasteiger charge is 2.36. The van der Waals surface area contributed by atoms with Gasteiger partial charge in [-0.3, -0.25) is 4.79 Å². The summed E-state index contributed by atoms with van der Waals surface area (Å²) in [7, 11) is 0. The smallest absolute Gasteiger partial charge is 0.157 e. The minimum atomic E-state index is 0.230. The van der Waals surface area contributed by atoms with E-state index in [1.165, 1.54) is 37.7 Å². The summed E-state index contributed by atoms with van der Waals surface area (Å²) in [6, 6.07) is 10.5.